The van der Waals surface area contributed by atoms with Crippen LogP contribution in [-0.2, 0) is 10.1 Å². The molecule has 0 spiro atoms. The summed E-state index contributed by atoms with van der Waals surface area (Å²) in [6, 6.07) is 2.14. The lowest BCUT2D eigenvalue weighted by molar-refractivity contribution is -0.388. The van der Waals surface area contributed by atoms with E-state index in [2.05, 4.69) is 4.98 Å². The van der Waals surface area contributed by atoms with Gasteiger partial charge in [0.25, 0.3) is 5.03 Å². The Hall–Kier alpha value is -1.25. The Morgan fingerprint density at radius 1 is 1.50 bits per heavy atom. The van der Waals surface area contributed by atoms with Crippen LogP contribution in [0.5, 0.6) is 0 Å². The Morgan fingerprint density at radius 2 is 2.07 bits per heavy atom. The van der Waals surface area contributed by atoms with E-state index in [1.165, 1.54) is 6.07 Å². The summed E-state index contributed by atoms with van der Waals surface area (Å²) >= 11 is 0. The van der Waals surface area contributed by atoms with Gasteiger partial charge in [-0.3, -0.25) is 14.7 Å². The van der Waals surface area contributed by atoms with Crippen LogP contribution in [0.15, 0.2) is 23.4 Å². The number of nitrogens with zero attached hydrogens (tertiary/aromatic N) is 2. The molecule has 0 aliphatic carbocycles. The van der Waals surface area contributed by atoms with Gasteiger partial charge in [-0.05, 0) is 6.07 Å². The fraction of sp³-hybridized carbons (Fsp3) is 0. The second-order valence-electron chi connectivity index (χ2n) is 2.06. The van der Waals surface area contributed by atoms with E-state index < -0.39 is 25.8 Å². The monoisotopic (exact) mass is 240 g/mol. The molecule has 0 unspecified atom stereocenters. The fourth-order valence-electron chi connectivity index (χ4n) is 0.720. The Labute approximate surface area is 85.1 Å². The summed E-state index contributed by atoms with van der Waals surface area (Å²) in [5.74, 6) is 0. The molecule has 0 amide bonds. The first-order valence-corrected chi connectivity index (χ1v) is 4.44. The highest BCUT2D eigenvalue weighted by molar-refractivity contribution is 7.85. The number of aromatic nitrogens is 1. The molecule has 0 saturated carbocycles. The van der Waals surface area contributed by atoms with Gasteiger partial charge in [0.1, 0.15) is 0 Å². The van der Waals surface area contributed by atoms with Gasteiger partial charge in [0, 0.05) is 12.3 Å². The van der Waals surface area contributed by atoms with Crippen molar-refractivity contribution in [1.82, 2.24) is 4.98 Å². The summed E-state index contributed by atoms with van der Waals surface area (Å²) in [7, 11) is -4.63. The van der Waals surface area contributed by atoms with Gasteiger partial charge in [-0.1, -0.05) is 0 Å². The molecule has 1 aromatic heterocycles. The van der Waals surface area contributed by atoms with Crippen LogP contribution in [0.2, 0.25) is 0 Å². The predicted octanol–water partition coefficient (Wildman–Crippen LogP) is 0.658. The summed E-state index contributed by atoms with van der Waals surface area (Å²) in [5.41, 5.74) is -0.745. The molecule has 0 aliphatic rings. The van der Waals surface area contributed by atoms with Crippen LogP contribution in [-0.4, -0.2) is 22.9 Å². The Bertz CT molecular complexity index is 445. The van der Waals surface area contributed by atoms with Crippen LogP contribution in [0.1, 0.15) is 0 Å². The molecule has 7 nitrogen and oxygen atoms in total. The minimum absolute atomic E-state index is 0. The third kappa shape index (κ3) is 2.62. The highest BCUT2D eigenvalue weighted by Crippen LogP contribution is 2.19. The third-order valence-corrected chi connectivity index (χ3v) is 2.00. The van der Waals surface area contributed by atoms with Crippen LogP contribution < -0.4 is 0 Å². The van der Waals surface area contributed by atoms with Crippen LogP contribution in [0.4, 0.5) is 5.69 Å². The van der Waals surface area contributed by atoms with Crippen molar-refractivity contribution in [2.45, 2.75) is 5.03 Å². The molecule has 0 aromatic carbocycles. The lowest BCUT2D eigenvalue weighted by atomic mass is 10.4. The molecule has 1 N–H and O–H groups in total. The smallest absolute Gasteiger partial charge is 0.280 e. The number of rotatable bonds is 2. The molecule has 1 heterocycles. The molecule has 0 bridgehead atoms. The maximum atomic E-state index is 10.5. The van der Waals surface area contributed by atoms with Crippen molar-refractivity contribution in [2.75, 3.05) is 0 Å². The zero-order valence-electron chi connectivity index (χ0n) is 6.52. The number of pyridine rings is 1. The maximum absolute atomic E-state index is 10.5. The highest BCUT2D eigenvalue weighted by atomic mass is 35.5. The molecule has 14 heavy (non-hydrogen) atoms. The quantitative estimate of drug-likeness (QED) is 0.462. The summed E-state index contributed by atoms with van der Waals surface area (Å²) in [6.45, 7) is 0. The van der Waals surface area contributed by atoms with E-state index in [-0.39, 0.29) is 12.4 Å². The van der Waals surface area contributed by atoms with Crippen LogP contribution in [0.3, 0.4) is 0 Å². The van der Waals surface area contributed by atoms with Crippen molar-refractivity contribution in [2.24, 2.45) is 0 Å². The van der Waals surface area contributed by atoms with Crippen molar-refractivity contribution in [3.8, 4) is 0 Å². The van der Waals surface area contributed by atoms with Gasteiger partial charge in [-0.25, -0.2) is 4.98 Å². The van der Waals surface area contributed by atoms with E-state index in [1.54, 1.807) is 0 Å². The number of hydrogen-bond acceptors (Lipinski definition) is 5. The zero-order chi connectivity index (χ0) is 10.1. The first-order valence-electron chi connectivity index (χ1n) is 3.00. The summed E-state index contributed by atoms with van der Waals surface area (Å²) in [6.07, 6.45) is 1.04. The Morgan fingerprint density at radius 3 is 2.43 bits per heavy atom. The van der Waals surface area contributed by atoms with Gasteiger partial charge in [0.2, 0.25) is 0 Å². The SMILES string of the molecule is Cl.O=[N+]([O-])c1cccnc1S(=O)(=O)O. The van der Waals surface area contributed by atoms with Gasteiger partial charge in [-0.2, -0.15) is 8.42 Å². The average molecular weight is 241 g/mol. The van der Waals surface area contributed by atoms with Crippen LogP contribution in [0.25, 0.3) is 0 Å². The lowest BCUT2D eigenvalue weighted by Crippen LogP contribution is -2.05. The largest absolute Gasteiger partial charge is 0.319 e. The molecule has 1 rings (SSSR count). The number of hydrogen-bond donors (Lipinski definition) is 1. The predicted molar refractivity (Wildman–Crippen MR) is 48.0 cm³/mol. The fourth-order valence-corrected chi connectivity index (χ4v) is 1.32. The third-order valence-electron chi connectivity index (χ3n) is 1.19. The molecule has 0 aliphatic heterocycles. The van der Waals surface area contributed by atoms with Crippen molar-refractivity contribution in [3.63, 3.8) is 0 Å². The van der Waals surface area contributed by atoms with Gasteiger partial charge >= 0.3 is 15.8 Å². The second-order valence-corrected chi connectivity index (χ2v) is 3.40. The molecular formula is C5H5ClN2O5S. The van der Waals surface area contributed by atoms with E-state index in [9.17, 15) is 18.5 Å². The van der Waals surface area contributed by atoms with Gasteiger partial charge in [0.15, 0.2) is 0 Å². The molecule has 78 valence electrons. The summed E-state index contributed by atoms with van der Waals surface area (Å²) < 4.78 is 29.6. The number of halogens is 1. The average Bonchev–Trinajstić information content (AvgIpc) is 2.03. The van der Waals surface area contributed by atoms with Gasteiger partial charge < -0.3 is 0 Å². The van der Waals surface area contributed by atoms with Crippen molar-refractivity contribution in [3.05, 3.63) is 28.4 Å². The van der Waals surface area contributed by atoms with Crippen molar-refractivity contribution >= 4 is 28.2 Å². The van der Waals surface area contributed by atoms with Gasteiger partial charge in [0.05, 0.1) is 4.92 Å². The van der Waals surface area contributed by atoms with Crippen LogP contribution >= 0.6 is 12.4 Å². The molecule has 9 heteroatoms. The van der Waals surface area contributed by atoms with Crippen molar-refractivity contribution in [1.29, 1.82) is 0 Å². The Kier molecular flexibility index (Phi) is 3.93. The van der Waals surface area contributed by atoms with E-state index in [0.717, 1.165) is 12.3 Å². The van der Waals surface area contributed by atoms with E-state index >= 15 is 0 Å². The van der Waals surface area contributed by atoms with E-state index in [0.29, 0.717) is 0 Å². The topological polar surface area (TPSA) is 110 Å². The normalized spacial score (nSPS) is 10.4. The summed E-state index contributed by atoms with van der Waals surface area (Å²) in [5, 5.41) is 9.31. The maximum Gasteiger partial charge on any atom is 0.319 e. The standard InChI is InChI=1S/C5H4N2O5S.ClH/c8-7(9)4-2-1-3-6-5(4)13(10,11)12;/h1-3H,(H,10,11,12);1H. The molecule has 0 saturated heterocycles. The molecule has 0 radical (unpaired) electrons. The Balaban J connectivity index is 0.00000169. The van der Waals surface area contributed by atoms with Crippen molar-refractivity contribution < 1.29 is 17.9 Å². The second kappa shape index (κ2) is 4.31. The van der Waals surface area contributed by atoms with Gasteiger partial charge in [-0.15, -0.1) is 12.4 Å². The van der Waals surface area contributed by atoms with E-state index in [1.807, 2.05) is 0 Å². The minimum Gasteiger partial charge on any atom is -0.280 e. The van der Waals surface area contributed by atoms with E-state index in [4.69, 9.17) is 4.55 Å². The van der Waals surface area contributed by atoms with Crippen LogP contribution in [0, 0.1) is 10.1 Å². The summed E-state index contributed by atoms with van der Waals surface area (Å²) in [4.78, 5) is 12.5. The molecular weight excluding hydrogens is 236 g/mol. The number of nitro groups is 1. The first-order chi connectivity index (χ1) is 5.93. The minimum atomic E-state index is -4.63. The molecule has 0 fully saturated rings. The lowest BCUT2D eigenvalue weighted by Gasteiger charge is -1.96. The zero-order valence-corrected chi connectivity index (χ0v) is 8.16. The molecule has 0 atom stereocenters. The first kappa shape index (κ1) is 12.8. The molecule has 1 aromatic rings. The highest BCUT2D eigenvalue weighted by Gasteiger charge is 2.24.